The Morgan fingerprint density at radius 2 is 1.96 bits per heavy atom. The first-order chi connectivity index (χ1) is 12.6. The largest absolute Gasteiger partial charge is 0.315 e. The van der Waals surface area contributed by atoms with E-state index >= 15 is 0 Å². The average Bonchev–Trinajstić information content (AvgIpc) is 2.80. The number of nitrogens with zero attached hydrogens (tertiary/aromatic N) is 3. The maximum atomic E-state index is 13.9. The first-order valence-electron chi connectivity index (χ1n) is 8.67. The molecule has 0 amide bonds. The number of rotatable bonds is 3. The molecule has 7 heteroatoms. The van der Waals surface area contributed by atoms with Crippen LogP contribution in [0, 0.1) is 5.82 Å². The summed E-state index contributed by atoms with van der Waals surface area (Å²) in [5, 5.41) is 4.40. The van der Waals surface area contributed by atoms with Gasteiger partial charge in [0.15, 0.2) is 0 Å². The van der Waals surface area contributed by atoms with Gasteiger partial charge >= 0.3 is 0 Å². The fourth-order valence-corrected chi connectivity index (χ4v) is 3.66. The van der Waals surface area contributed by atoms with Crippen LogP contribution in [0.15, 0.2) is 36.5 Å². The molecule has 1 aliphatic heterocycles. The van der Waals surface area contributed by atoms with Crippen LogP contribution in [0.2, 0.25) is 10.0 Å². The van der Waals surface area contributed by atoms with Crippen LogP contribution in [-0.2, 0) is 6.54 Å². The number of halogens is 3. The minimum absolute atomic E-state index is 0.283. The number of imidazole rings is 1. The van der Waals surface area contributed by atoms with Gasteiger partial charge in [-0.3, -0.25) is 9.30 Å². The highest BCUT2D eigenvalue weighted by Crippen LogP contribution is 2.31. The zero-order valence-electron chi connectivity index (χ0n) is 14.2. The van der Waals surface area contributed by atoms with E-state index in [2.05, 4.69) is 10.2 Å². The predicted molar refractivity (Wildman–Crippen MR) is 103 cm³/mol. The fourth-order valence-electron chi connectivity index (χ4n) is 3.36. The van der Waals surface area contributed by atoms with E-state index in [1.165, 1.54) is 12.3 Å². The van der Waals surface area contributed by atoms with E-state index in [1.807, 2.05) is 16.5 Å². The maximum absolute atomic E-state index is 13.9. The molecule has 1 fully saturated rings. The van der Waals surface area contributed by atoms with Gasteiger partial charge in [-0.05, 0) is 43.8 Å². The Hall–Kier alpha value is -1.66. The number of hydrogen-bond acceptors (Lipinski definition) is 3. The summed E-state index contributed by atoms with van der Waals surface area (Å²) in [6.07, 6.45) is 2.59. The number of nitrogens with one attached hydrogen (secondary N) is 1. The van der Waals surface area contributed by atoms with Crippen LogP contribution in [0.5, 0.6) is 0 Å². The van der Waals surface area contributed by atoms with Crippen molar-refractivity contribution in [3.05, 3.63) is 58.1 Å². The topological polar surface area (TPSA) is 32.6 Å². The van der Waals surface area contributed by atoms with Crippen LogP contribution >= 0.6 is 23.2 Å². The van der Waals surface area contributed by atoms with Crippen molar-refractivity contribution < 1.29 is 4.39 Å². The van der Waals surface area contributed by atoms with Gasteiger partial charge in [0.05, 0.1) is 21.4 Å². The highest BCUT2D eigenvalue weighted by Gasteiger charge is 2.19. The summed E-state index contributed by atoms with van der Waals surface area (Å²) >= 11 is 12.3. The zero-order chi connectivity index (χ0) is 18.1. The van der Waals surface area contributed by atoms with Crippen molar-refractivity contribution in [3.63, 3.8) is 0 Å². The molecular weight excluding hydrogens is 374 g/mol. The van der Waals surface area contributed by atoms with Crippen molar-refractivity contribution in [2.24, 2.45) is 0 Å². The molecular formula is C19H19Cl2FN4. The summed E-state index contributed by atoms with van der Waals surface area (Å²) < 4.78 is 15.7. The zero-order valence-corrected chi connectivity index (χ0v) is 15.7. The van der Waals surface area contributed by atoms with E-state index in [4.69, 9.17) is 28.2 Å². The Bertz CT molecular complexity index is 933. The normalized spacial score (nSPS) is 16.1. The second kappa shape index (κ2) is 7.53. The van der Waals surface area contributed by atoms with E-state index < -0.39 is 0 Å². The number of benzene rings is 1. The molecule has 1 N–H and O–H groups in total. The van der Waals surface area contributed by atoms with Crippen LogP contribution in [0.25, 0.3) is 16.9 Å². The Morgan fingerprint density at radius 1 is 1.08 bits per heavy atom. The lowest BCUT2D eigenvalue weighted by atomic mass is 10.1. The molecule has 1 aliphatic rings. The summed E-state index contributed by atoms with van der Waals surface area (Å²) in [5.41, 5.74) is 3.37. The monoisotopic (exact) mass is 392 g/mol. The summed E-state index contributed by atoms with van der Waals surface area (Å²) in [7, 11) is 0. The third kappa shape index (κ3) is 3.58. The Labute approximate surface area is 161 Å². The summed E-state index contributed by atoms with van der Waals surface area (Å²) in [6, 6.07) is 8.61. The second-order valence-corrected chi connectivity index (χ2v) is 7.31. The van der Waals surface area contributed by atoms with Crippen molar-refractivity contribution in [1.82, 2.24) is 19.6 Å². The number of aromatic nitrogens is 2. The van der Waals surface area contributed by atoms with Crippen molar-refractivity contribution in [3.8, 4) is 11.3 Å². The minimum Gasteiger partial charge on any atom is -0.315 e. The third-order valence-corrected chi connectivity index (χ3v) is 5.42. The van der Waals surface area contributed by atoms with Crippen LogP contribution in [0.1, 0.15) is 12.1 Å². The van der Waals surface area contributed by atoms with Crippen molar-refractivity contribution in [2.45, 2.75) is 13.0 Å². The van der Waals surface area contributed by atoms with E-state index in [1.54, 1.807) is 12.1 Å². The molecule has 0 radical (unpaired) electrons. The molecule has 0 aliphatic carbocycles. The molecule has 1 saturated heterocycles. The second-order valence-electron chi connectivity index (χ2n) is 6.49. The van der Waals surface area contributed by atoms with Crippen molar-refractivity contribution >= 4 is 28.8 Å². The summed E-state index contributed by atoms with van der Waals surface area (Å²) in [4.78, 5) is 7.11. The van der Waals surface area contributed by atoms with Gasteiger partial charge in [0.1, 0.15) is 11.5 Å². The van der Waals surface area contributed by atoms with Crippen LogP contribution in [0.4, 0.5) is 4.39 Å². The number of hydrogen-bond donors (Lipinski definition) is 1. The standard InChI is InChI=1S/C19H19Cl2FN4/c20-15-4-2-13(10-16(15)21)19-17(12-25-8-1-6-23-7-9-25)26-11-14(22)3-5-18(26)24-19/h2-5,10-11,23H,1,6-9,12H2. The number of fused-ring (bicyclic) bond motifs is 1. The highest BCUT2D eigenvalue weighted by molar-refractivity contribution is 6.42. The molecule has 4 nitrogen and oxygen atoms in total. The van der Waals surface area contributed by atoms with Crippen LogP contribution in [-0.4, -0.2) is 40.5 Å². The molecule has 0 unspecified atom stereocenters. The summed E-state index contributed by atoms with van der Waals surface area (Å²) in [6.45, 7) is 4.62. The lowest BCUT2D eigenvalue weighted by Crippen LogP contribution is -2.28. The van der Waals surface area contributed by atoms with Crippen LogP contribution < -0.4 is 5.32 Å². The lowest BCUT2D eigenvalue weighted by Gasteiger charge is -2.20. The van der Waals surface area contributed by atoms with Gasteiger partial charge in [0, 0.05) is 31.4 Å². The fraction of sp³-hybridized carbons (Fsp3) is 0.316. The van der Waals surface area contributed by atoms with E-state index in [9.17, 15) is 4.39 Å². The van der Waals surface area contributed by atoms with Gasteiger partial charge in [-0.1, -0.05) is 29.3 Å². The maximum Gasteiger partial charge on any atom is 0.139 e. The van der Waals surface area contributed by atoms with Gasteiger partial charge in [-0.25, -0.2) is 9.37 Å². The Balaban J connectivity index is 1.81. The first-order valence-corrected chi connectivity index (χ1v) is 9.42. The Kier molecular flexibility index (Phi) is 5.14. The van der Waals surface area contributed by atoms with Gasteiger partial charge < -0.3 is 5.32 Å². The molecule has 3 aromatic rings. The molecule has 4 rings (SSSR count). The quantitative estimate of drug-likeness (QED) is 0.723. The van der Waals surface area contributed by atoms with E-state index in [0.29, 0.717) is 16.6 Å². The molecule has 0 spiro atoms. The molecule has 136 valence electrons. The van der Waals surface area contributed by atoms with Gasteiger partial charge in [-0.2, -0.15) is 0 Å². The van der Waals surface area contributed by atoms with E-state index in [-0.39, 0.29) is 5.82 Å². The molecule has 0 atom stereocenters. The average molecular weight is 393 g/mol. The van der Waals surface area contributed by atoms with Crippen molar-refractivity contribution in [1.29, 1.82) is 0 Å². The molecule has 0 bridgehead atoms. The predicted octanol–water partition coefficient (Wildman–Crippen LogP) is 4.24. The smallest absolute Gasteiger partial charge is 0.139 e. The molecule has 1 aromatic carbocycles. The third-order valence-electron chi connectivity index (χ3n) is 4.68. The SMILES string of the molecule is Fc1ccc2nc(-c3ccc(Cl)c(Cl)c3)c(CN3CCCNCC3)n2c1. The summed E-state index contributed by atoms with van der Waals surface area (Å²) in [5.74, 6) is -0.283. The van der Waals surface area contributed by atoms with Gasteiger partial charge in [-0.15, -0.1) is 0 Å². The van der Waals surface area contributed by atoms with E-state index in [0.717, 1.165) is 55.2 Å². The van der Waals surface area contributed by atoms with Gasteiger partial charge in [0.2, 0.25) is 0 Å². The number of pyridine rings is 1. The highest BCUT2D eigenvalue weighted by atomic mass is 35.5. The lowest BCUT2D eigenvalue weighted by molar-refractivity contribution is 0.280. The van der Waals surface area contributed by atoms with Crippen LogP contribution in [0.3, 0.4) is 0 Å². The molecule has 0 saturated carbocycles. The van der Waals surface area contributed by atoms with Crippen molar-refractivity contribution in [2.75, 3.05) is 26.2 Å². The first kappa shape index (κ1) is 17.7. The minimum atomic E-state index is -0.283. The molecule has 3 heterocycles. The Morgan fingerprint density at radius 3 is 2.81 bits per heavy atom. The van der Waals surface area contributed by atoms with Gasteiger partial charge in [0.25, 0.3) is 0 Å². The molecule has 2 aromatic heterocycles. The molecule has 26 heavy (non-hydrogen) atoms.